The second-order valence-corrected chi connectivity index (χ2v) is 4.15. The molecule has 0 saturated heterocycles. The lowest BCUT2D eigenvalue weighted by atomic mass is 10.0. The van der Waals surface area contributed by atoms with Crippen LogP contribution in [-0.2, 0) is 11.2 Å². The minimum atomic E-state index is 0.109. The molecule has 0 aliphatic carbocycles. The van der Waals surface area contributed by atoms with Crippen molar-refractivity contribution in [1.82, 2.24) is 0 Å². The molecule has 1 aromatic carbocycles. The van der Waals surface area contributed by atoms with Gasteiger partial charge in [0.25, 0.3) is 0 Å². The first-order valence-corrected chi connectivity index (χ1v) is 5.19. The topological polar surface area (TPSA) is 46.3 Å². The van der Waals surface area contributed by atoms with E-state index in [9.17, 15) is 4.79 Å². The molecule has 3 heteroatoms. The van der Waals surface area contributed by atoms with Gasteiger partial charge in [-0.1, -0.05) is 0 Å². The summed E-state index contributed by atoms with van der Waals surface area (Å²) in [5, 5.41) is 0. The second-order valence-electron chi connectivity index (χ2n) is 4.15. The minimum Gasteiger partial charge on any atom is -0.398 e. The number of nitrogen functional groups attached to an aromatic ring is 1. The van der Waals surface area contributed by atoms with Gasteiger partial charge in [-0.3, -0.25) is 4.79 Å². The van der Waals surface area contributed by atoms with Crippen molar-refractivity contribution in [1.29, 1.82) is 0 Å². The van der Waals surface area contributed by atoms with Gasteiger partial charge in [0, 0.05) is 24.8 Å². The van der Waals surface area contributed by atoms with Crippen LogP contribution in [0.2, 0.25) is 0 Å². The number of nitrogens with two attached hydrogens (primary N) is 1. The largest absolute Gasteiger partial charge is 0.398 e. The van der Waals surface area contributed by atoms with Crippen molar-refractivity contribution in [2.75, 3.05) is 17.2 Å². The van der Waals surface area contributed by atoms with Gasteiger partial charge >= 0.3 is 0 Å². The van der Waals surface area contributed by atoms with Gasteiger partial charge < -0.3 is 10.6 Å². The molecule has 1 aromatic rings. The van der Waals surface area contributed by atoms with Crippen LogP contribution in [0.4, 0.5) is 11.4 Å². The number of carbonyl (C=O) groups is 1. The highest BCUT2D eigenvalue weighted by Gasteiger charge is 2.24. The first-order valence-electron chi connectivity index (χ1n) is 5.19. The predicted molar refractivity (Wildman–Crippen MR) is 62.1 cm³/mol. The van der Waals surface area contributed by atoms with Crippen molar-refractivity contribution in [2.45, 2.75) is 27.2 Å². The quantitative estimate of drug-likeness (QED) is 0.655. The predicted octanol–water partition coefficient (Wildman–Crippen LogP) is 1.79. The van der Waals surface area contributed by atoms with Gasteiger partial charge in [0.1, 0.15) is 0 Å². The van der Waals surface area contributed by atoms with Crippen LogP contribution in [0.15, 0.2) is 6.07 Å². The summed E-state index contributed by atoms with van der Waals surface area (Å²) < 4.78 is 0. The fourth-order valence-electron chi connectivity index (χ4n) is 2.25. The van der Waals surface area contributed by atoms with Gasteiger partial charge in [0.2, 0.25) is 5.91 Å². The van der Waals surface area contributed by atoms with E-state index in [4.69, 9.17) is 5.73 Å². The maximum Gasteiger partial charge on any atom is 0.223 e. The van der Waals surface area contributed by atoms with E-state index in [0.717, 1.165) is 35.5 Å². The van der Waals surface area contributed by atoms with Crippen molar-refractivity contribution in [2.24, 2.45) is 0 Å². The Bertz CT molecular complexity index is 438. The number of anilines is 2. The second kappa shape index (κ2) is 3.26. The van der Waals surface area contributed by atoms with Crippen LogP contribution >= 0.6 is 0 Å². The fourth-order valence-corrected chi connectivity index (χ4v) is 2.25. The average molecular weight is 204 g/mol. The number of fused-ring (bicyclic) bond motifs is 1. The Labute approximate surface area is 89.9 Å². The van der Waals surface area contributed by atoms with E-state index in [1.165, 1.54) is 5.56 Å². The summed E-state index contributed by atoms with van der Waals surface area (Å²) in [6.07, 6.45) is 0.922. The molecule has 0 atom stereocenters. The molecule has 0 bridgehead atoms. The molecule has 0 aromatic heterocycles. The lowest BCUT2D eigenvalue weighted by Crippen LogP contribution is -2.25. The molecule has 1 aliphatic heterocycles. The zero-order chi connectivity index (χ0) is 11.2. The molecule has 2 rings (SSSR count). The minimum absolute atomic E-state index is 0.109. The number of rotatable bonds is 0. The Kier molecular flexibility index (Phi) is 2.18. The van der Waals surface area contributed by atoms with Crippen LogP contribution in [0.5, 0.6) is 0 Å². The van der Waals surface area contributed by atoms with Crippen LogP contribution in [0.1, 0.15) is 23.6 Å². The van der Waals surface area contributed by atoms with Crippen LogP contribution in [0, 0.1) is 13.8 Å². The number of carbonyl (C=O) groups excluding carboxylic acids is 1. The Morgan fingerprint density at radius 1 is 1.47 bits per heavy atom. The maximum absolute atomic E-state index is 11.4. The Balaban J connectivity index is 2.60. The van der Waals surface area contributed by atoms with E-state index in [2.05, 4.69) is 0 Å². The Morgan fingerprint density at radius 2 is 2.13 bits per heavy atom. The monoisotopic (exact) mass is 204 g/mol. The van der Waals surface area contributed by atoms with Crippen LogP contribution in [0.25, 0.3) is 0 Å². The highest BCUT2D eigenvalue weighted by molar-refractivity contribution is 5.94. The molecular formula is C12H16N2O. The molecule has 3 nitrogen and oxygen atoms in total. The normalized spacial score (nSPS) is 14.2. The van der Waals surface area contributed by atoms with Gasteiger partial charge in [-0.2, -0.15) is 0 Å². The van der Waals surface area contributed by atoms with Gasteiger partial charge in [-0.15, -0.1) is 0 Å². The number of nitrogens with zero attached hydrogens (tertiary/aromatic N) is 1. The summed E-state index contributed by atoms with van der Waals surface area (Å²) in [6.45, 7) is 6.41. The molecule has 1 heterocycles. The number of amides is 1. The molecule has 0 spiro atoms. The summed E-state index contributed by atoms with van der Waals surface area (Å²) in [7, 11) is 0. The lowest BCUT2D eigenvalue weighted by Gasteiger charge is -2.17. The van der Waals surface area contributed by atoms with E-state index >= 15 is 0 Å². The standard InChI is InChI=1S/C12H16N2O/c1-7-6-11-10(8(2)12(7)13)4-5-14(11)9(3)15/h6H,4-5,13H2,1-3H3. The van der Waals surface area contributed by atoms with Crippen molar-refractivity contribution in [3.63, 3.8) is 0 Å². The molecule has 0 fully saturated rings. The fraction of sp³-hybridized carbons (Fsp3) is 0.417. The lowest BCUT2D eigenvalue weighted by molar-refractivity contribution is -0.116. The SMILES string of the molecule is CC(=O)N1CCc2c1cc(C)c(N)c2C. The number of hydrogen-bond acceptors (Lipinski definition) is 2. The molecule has 1 aliphatic rings. The van der Waals surface area contributed by atoms with E-state index < -0.39 is 0 Å². The zero-order valence-corrected chi connectivity index (χ0v) is 9.42. The molecule has 0 saturated carbocycles. The molecule has 15 heavy (non-hydrogen) atoms. The zero-order valence-electron chi connectivity index (χ0n) is 9.42. The third-order valence-electron chi connectivity index (χ3n) is 3.20. The molecule has 1 amide bonds. The van der Waals surface area contributed by atoms with Gasteiger partial charge in [-0.25, -0.2) is 0 Å². The van der Waals surface area contributed by atoms with Crippen LogP contribution in [-0.4, -0.2) is 12.5 Å². The van der Waals surface area contributed by atoms with Crippen molar-refractivity contribution < 1.29 is 4.79 Å². The molecular weight excluding hydrogens is 188 g/mol. The smallest absolute Gasteiger partial charge is 0.223 e. The van der Waals surface area contributed by atoms with E-state index in [0.29, 0.717) is 0 Å². The Hall–Kier alpha value is -1.51. The first kappa shape index (κ1) is 10.0. The summed E-state index contributed by atoms with van der Waals surface area (Å²) >= 11 is 0. The van der Waals surface area contributed by atoms with Crippen molar-refractivity contribution in [3.8, 4) is 0 Å². The van der Waals surface area contributed by atoms with Gasteiger partial charge in [0.05, 0.1) is 0 Å². The van der Waals surface area contributed by atoms with Gasteiger partial charge in [-0.05, 0) is 43.0 Å². The van der Waals surface area contributed by atoms with Crippen molar-refractivity contribution in [3.05, 3.63) is 22.8 Å². The third-order valence-corrected chi connectivity index (χ3v) is 3.20. The summed E-state index contributed by atoms with van der Waals surface area (Å²) in [5.74, 6) is 0.109. The molecule has 0 radical (unpaired) electrons. The van der Waals surface area contributed by atoms with E-state index in [-0.39, 0.29) is 5.91 Å². The molecule has 80 valence electrons. The molecule has 0 unspecified atom stereocenters. The summed E-state index contributed by atoms with van der Waals surface area (Å²) in [5.41, 5.74) is 11.3. The third kappa shape index (κ3) is 1.39. The highest BCUT2D eigenvalue weighted by atomic mass is 16.2. The number of hydrogen-bond donors (Lipinski definition) is 1. The first-order chi connectivity index (χ1) is 7.02. The summed E-state index contributed by atoms with van der Waals surface area (Å²) in [6, 6.07) is 2.02. The Morgan fingerprint density at radius 3 is 2.73 bits per heavy atom. The summed E-state index contributed by atoms with van der Waals surface area (Å²) in [4.78, 5) is 13.2. The van der Waals surface area contributed by atoms with Crippen LogP contribution in [0.3, 0.4) is 0 Å². The average Bonchev–Trinajstić information content (AvgIpc) is 2.58. The van der Waals surface area contributed by atoms with E-state index in [1.54, 1.807) is 6.92 Å². The van der Waals surface area contributed by atoms with Crippen molar-refractivity contribution >= 4 is 17.3 Å². The van der Waals surface area contributed by atoms with E-state index in [1.807, 2.05) is 24.8 Å². The maximum atomic E-state index is 11.4. The highest BCUT2D eigenvalue weighted by Crippen LogP contribution is 2.35. The molecule has 2 N–H and O–H groups in total. The van der Waals surface area contributed by atoms with Crippen LogP contribution < -0.4 is 10.6 Å². The number of benzene rings is 1. The van der Waals surface area contributed by atoms with Gasteiger partial charge in [0.15, 0.2) is 0 Å². The number of aryl methyl sites for hydroxylation is 1.